The van der Waals surface area contributed by atoms with Crippen LogP contribution in [0, 0.1) is 6.92 Å². The summed E-state index contributed by atoms with van der Waals surface area (Å²) < 4.78 is 0. The molecule has 19 heavy (non-hydrogen) atoms. The molecule has 3 nitrogen and oxygen atoms in total. The number of hydrogen-bond donors (Lipinski definition) is 1. The van der Waals surface area contributed by atoms with Crippen LogP contribution in [0.5, 0.6) is 0 Å². The van der Waals surface area contributed by atoms with E-state index in [9.17, 15) is 4.79 Å². The summed E-state index contributed by atoms with van der Waals surface area (Å²) in [6, 6.07) is 9.45. The number of halogens is 1. The number of pyridine rings is 1. The second kappa shape index (κ2) is 6.34. The minimum atomic E-state index is -0.0133. The van der Waals surface area contributed by atoms with Crippen molar-refractivity contribution in [3.8, 4) is 0 Å². The summed E-state index contributed by atoms with van der Waals surface area (Å²) in [6.45, 7) is 2.46. The zero-order valence-electron chi connectivity index (χ0n) is 10.7. The Morgan fingerprint density at radius 3 is 2.84 bits per heavy atom. The third-order valence-corrected chi connectivity index (χ3v) is 3.22. The summed E-state index contributed by atoms with van der Waals surface area (Å²) in [5, 5.41) is 3.63. The number of nitrogens with one attached hydrogen (secondary N) is 1. The lowest BCUT2D eigenvalue weighted by Gasteiger charge is -2.07. The van der Waals surface area contributed by atoms with Crippen LogP contribution in [0.1, 0.15) is 16.7 Å². The topological polar surface area (TPSA) is 42.0 Å². The zero-order valence-corrected chi connectivity index (χ0v) is 11.4. The molecule has 0 bridgehead atoms. The van der Waals surface area contributed by atoms with Gasteiger partial charge in [-0.15, -0.1) is 0 Å². The van der Waals surface area contributed by atoms with Gasteiger partial charge in [0.05, 0.1) is 6.42 Å². The van der Waals surface area contributed by atoms with E-state index >= 15 is 0 Å². The van der Waals surface area contributed by atoms with Crippen molar-refractivity contribution in [2.75, 3.05) is 0 Å². The van der Waals surface area contributed by atoms with Gasteiger partial charge in [0.15, 0.2) is 0 Å². The van der Waals surface area contributed by atoms with Crippen molar-refractivity contribution in [3.63, 3.8) is 0 Å². The summed E-state index contributed by atoms with van der Waals surface area (Å²) in [6.07, 6.45) is 3.74. The second-order valence-corrected chi connectivity index (χ2v) is 4.81. The molecule has 1 aromatic heterocycles. The maximum Gasteiger partial charge on any atom is 0.224 e. The van der Waals surface area contributed by atoms with Crippen LogP contribution >= 0.6 is 11.6 Å². The van der Waals surface area contributed by atoms with Crippen LogP contribution in [0.15, 0.2) is 42.7 Å². The van der Waals surface area contributed by atoms with Gasteiger partial charge in [-0.25, -0.2) is 0 Å². The first-order valence-electron chi connectivity index (χ1n) is 6.06. The van der Waals surface area contributed by atoms with Gasteiger partial charge in [0.25, 0.3) is 0 Å². The number of rotatable bonds is 4. The van der Waals surface area contributed by atoms with Crippen LogP contribution in [0.3, 0.4) is 0 Å². The summed E-state index contributed by atoms with van der Waals surface area (Å²) in [7, 11) is 0. The standard InChI is InChI=1S/C15H15ClN2O/c1-11-7-13(4-5-14(11)16)10-18-15(19)8-12-3-2-6-17-9-12/h2-7,9H,8,10H2,1H3,(H,18,19). The lowest BCUT2D eigenvalue weighted by atomic mass is 10.1. The van der Waals surface area contributed by atoms with Crippen molar-refractivity contribution in [3.05, 3.63) is 64.4 Å². The number of carbonyl (C=O) groups is 1. The fourth-order valence-corrected chi connectivity index (χ4v) is 1.89. The quantitative estimate of drug-likeness (QED) is 0.931. The van der Waals surface area contributed by atoms with Gasteiger partial charge in [0, 0.05) is 24.0 Å². The number of hydrogen-bond acceptors (Lipinski definition) is 2. The number of aromatic nitrogens is 1. The normalized spacial score (nSPS) is 10.2. The van der Waals surface area contributed by atoms with Crippen molar-refractivity contribution in [1.82, 2.24) is 10.3 Å². The van der Waals surface area contributed by atoms with Crippen molar-refractivity contribution in [2.24, 2.45) is 0 Å². The van der Waals surface area contributed by atoms with E-state index in [-0.39, 0.29) is 5.91 Å². The Morgan fingerprint density at radius 1 is 1.32 bits per heavy atom. The molecule has 0 aliphatic heterocycles. The third-order valence-electron chi connectivity index (χ3n) is 2.80. The van der Waals surface area contributed by atoms with Gasteiger partial charge in [-0.1, -0.05) is 29.8 Å². The van der Waals surface area contributed by atoms with Crippen molar-refractivity contribution in [2.45, 2.75) is 19.9 Å². The highest BCUT2D eigenvalue weighted by Crippen LogP contribution is 2.16. The van der Waals surface area contributed by atoms with Crippen LogP contribution in [0.2, 0.25) is 5.02 Å². The van der Waals surface area contributed by atoms with Crippen LogP contribution < -0.4 is 5.32 Å². The Morgan fingerprint density at radius 2 is 2.16 bits per heavy atom. The largest absolute Gasteiger partial charge is 0.352 e. The van der Waals surface area contributed by atoms with E-state index in [0.717, 1.165) is 21.7 Å². The number of amides is 1. The predicted octanol–water partition coefficient (Wildman–Crippen LogP) is 2.90. The van der Waals surface area contributed by atoms with Crippen molar-refractivity contribution >= 4 is 17.5 Å². The van der Waals surface area contributed by atoms with Gasteiger partial charge in [-0.3, -0.25) is 9.78 Å². The average Bonchev–Trinajstić information content (AvgIpc) is 2.41. The lowest BCUT2D eigenvalue weighted by molar-refractivity contribution is -0.120. The van der Waals surface area contributed by atoms with Gasteiger partial charge < -0.3 is 5.32 Å². The summed E-state index contributed by atoms with van der Waals surface area (Å²) in [5.41, 5.74) is 2.97. The fraction of sp³-hybridized carbons (Fsp3) is 0.200. The first kappa shape index (κ1) is 13.6. The molecule has 0 atom stereocenters. The Kier molecular flexibility index (Phi) is 4.53. The number of aryl methyl sites for hydroxylation is 1. The molecule has 2 aromatic rings. The Bertz CT molecular complexity index is 570. The highest BCUT2D eigenvalue weighted by Gasteiger charge is 2.04. The van der Waals surface area contributed by atoms with E-state index in [1.54, 1.807) is 12.4 Å². The summed E-state index contributed by atoms with van der Waals surface area (Å²) >= 11 is 5.96. The first-order valence-corrected chi connectivity index (χ1v) is 6.43. The first-order chi connectivity index (χ1) is 9.15. The van der Waals surface area contributed by atoms with Gasteiger partial charge >= 0.3 is 0 Å². The highest BCUT2D eigenvalue weighted by atomic mass is 35.5. The Hall–Kier alpha value is -1.87. The van der Waals surface area contributed by atoms with E-state index in [4.69, 9.17) is 11.6 Å². The molecule has 0 saturated carbocycles. The molecule has 0 aliphatic carbocycles. The Labute approximate surface area is 117 Å². The van der Waals surface area contributed by atoms with Crippen molar-refractivity contribution < 1.29 is 4.79 Å². The van der Waals surface area contributed by atoms with E-state index in [0.29, 0.717) is 13.0 Å². The predicted molar refractivity (Wildman–Crippen MR) is 76.0 cm³/mol. The maximum absolute atomic E-state index is 11.8. The van der Waals surface area contributed by atoms with E-state index in [1.165, 1.54) is 0 Å². The molecule has 98 valence electrons. The number of benzene rings is 1. The average molecular weight is 275 g/mol. The molecule has 2 rings (SSSR count). The number of carbonyl (C=O) groups excluding carboxylic acids is 1. The summed E-state index contributed by atoms with van der Waals surface area (Å²) in [5.74, 6) is -0.0133. The third kappa shape index (κ3) is 4.07. The molecule has 1 aromatic carbocycles. The smallest absolute Gasteiger partial charge is 0.224 e. The van der Waals surface area contributed by atoms with Crippen molar-refractivity contribution in [1.29, 1.82) is 0 Å². The molecule has 0 fully saturated rings. The van der Waals surface area contributed by atoms with Gasteiger partial charge in [0.1, 0.15) is 0 Å². The minimum Gasteiger partial charge on any atom is -0.352 e. The van der Waals surface area contributed by atoms with Crippen LogP contribution in [0.25, 0.3) is 0 Å². The highest BCUT2D eigenvalue weighted by molar-refractivity contribution is 6.31. The molecular formula is C15H15ClN2O. The summed E-state index contributed by atoms with van der Waals surface area (Å²) in [4.78, 5) is 15.8. The SMILES string of the molecule is Cc1cc(CNC(=O)Cc2cccnc2)ccc1Cl. The molecule has 0 unspecified atom stereocenters. The monoisotopic (exact) mass is 274 g/mol. The van der Waals surface area contributed by atoms with Crippen LogP contribution in [-0.2, 0) is 17.8 Å². The molecule has 1 amide bonds. The maximum atomic E-state index is 11.8. The molecule has 4 heteroatoms. The molecule has 0 spiro atoms. The van der Waals surface area contributed by atoms with E-state index < -0.39 is 0 Å². The second-order valence-electron chi connectivity index (χ2n) is 4.40. The molecule has 0 saturated heterocycles. The fourth-order valence-electron chi connectivity index (χ4n) is 1.77. The van der Waals surface area contributed by atoms with Crippen LogP contribution in [-0.4, -0.2) is 10.9 Å². The van der Waals surface area contributed by atoms with Gasteiger partial charge in [-0.2, -0.15) is 0 Å². The molecule has 1 heterocycles. The van der Waals surface area contributed by atoms with Crippen LogP contribution in [0.4, 0.5) is 0 Å². The molecule has 0 radical (unpaired) electrons. The number of nitrogens with zero attached hydrogens (tertiary/aromatic N) is 1. The molecule has 1 N–H and O–H groups in total. The molecular weight excluding hydrogens is 260 g/mol. The van der Waals surface area contributed by atoms with E-state index in [1.807, 2.05) is 37.3 Å². The molecule has 0 aliphatic rings. The van der Waals surface area contributed by atoms with Gasteiger partial charge in [-0.05, 0) is 35.7 Å². The van der Waals surface area contributed by atoms with Gasteiger partial charge in [0.2, 0.25) is 5.91 Å². The van der Waals surface area contributed by atoms with E-state index in [2.05, 4.69) is 10.3 Å². The lowest BCUT2D eigenvalue weighted by Crippen LogP contribution is -2.24. The zero-order chi connectivity index (χ0) is 13.7. The minimum absolute atomic E-state index is 0.0133. The Balaban J connectivity index is 1.88.